The normalized spacial score (nSPS) is 14.8. The first-order valence-electron chi connectivity index (χ1n) is 5.71. The van der Waals surface area contributed by atoms with Crippen LogP contribution in [0.5, 0.6) is 0 Å². The predicted octanol–water partition coefficient (Wildman–Crippen LogP) is 2.29. The number of anilines is 2. The molecule has 1 saturated carbocycles. The van der Waals surface area contributed by atoms with Gasteiger partial charge in [-0.3, -0.25) is 0 Å². The molecule has 2 heterocycles. The van der Waals surface area contributed by atoms with Crippen molar-refractivity contribution >= 4 is 23.0 Å². The van der Waals surface area contributed by atoms with Crippen molar-refractivity contribution in [2.45, 2.75) is 25.4 Å². The van der Waals surface area contributed by atoms with E-state index in [1.807, 2.05) is 12.1 Å². The number of hydrogen-bond acceptors (Lipinski definition) is 5. The topological polar surface area (TPSA) is 55.0 Å². The fourth-order valence-corrected chi connectivity index (χ4v) is 2.55. The highest BCUT2D eigenvalue weighted by atomic mass is 32.1. The van der Waals surface area contributed by atoms with E-state index in [4.69, 9.17) is 5.73 Å². The summed E-state index contributed by atoms with van der Waals surface area (Å²) in [6, 6.07) is 8.63. The van der Waals surface area contributed by atoms with Crippen LogP contribution in [-0.4, -0.2) is 16.2 Å². The second-order valence-electron chi connectivity index (χ2n) is 4.25. The molecule has 0 aromatic carbocycles. The molecule has 0 saturated heterocycles. The molecular weight excluding hydrogens is 232 g/mol. The van der Waals surface area contributed by atoms with E-state index in [1.165, 1.54) is 17.7 Å². The molecule has 4 nitrogen and oxygen atoms in total. The van der Waals surface area contributed by atoms with Gasteiger partial charge in [-0.1, -0.05) is 6.07 Å². The van der Waals surface area contributed by atoms with Crippen LogP contribution in [0.4, 0.5) is 11.6 Å². The van der Waals surface area contributed by atoms with E-state index in [0.29, 0.717) is 11.9 Å². The lowest BCUT2D eigenvalue weighted by molar-refractivity contribution is 0.772. The zero-order valence-electron chi connectivity index (χ0n) is 9.41. The molecule has 0 bridgehead atoms. The third-order valence-corrected chi connectivity index (χ3v) is 3.72. The first-order chi connectivity index (χ1) is 8.33. The van der Waals surface area contributed by atoms with Crippen LogP contribution >= 0.6 is 11.3 Å². The van der Waals surface area contributed by atoms with Crippen molar-refractivity contribution in [3.63, 3.8) is 0 Å². The Kier molecular flexibility index (Phi) is 2.68. The number of hydrogen-bond donors (Lipinski definition) is 1. The van der Waals surface area contributed by atoms with Crippen LogP contribution in [0.25, 0.3) is 0 Å². The molecule has 0 aliphatic heterocycles. The fraction of sp³-hybridized carbons (Fsp3) is 0.333. The predicted molar refractivity (Wildman–Crippen MR) is 70.0 cm³/mol. The third-order valence-electron chi connectivity index (χ3n) is 2.86. The van der Waals surface area contributed by atoms with E-state index in [2.05, 4.69) is 32.6 Å². The molecule has 2 aromatic rings. The number of thiophene rings is 1. The van der Waals surface area contributed by atoms with Crippen LogP contribution < -0.4 is 10.6 Å². The smallest absolute Gasteiger partial charge is 0.151 e. The van der Waals surface area contributed by atoms with Crippen molar-refractivity contribution in [3.8, 4) is 0 Å². The lowest BCUT2D eigenvalue weighted by Gasteiger charge is -2.22. The highest BCUT2D eigenvalue weighted by Gasteiger charge is 2.30. The van der Waals surface area contributed by atoms with E-state index >= 15 is 0 Å². The zero-order valence-corrected chi connectivity index (χ0v) is 10.2. The van der Waals surface area contributed by atoms with Gasteiger partial charge in [-0.2, -0.15) is 0 Å². The summed E-state index contributed by atoms with van der Waals surface area (Å²) in [6.45, 7) is 0.918. The minimum atomic E-state index is 0.473. The first kappa shape index (κ1) is 10.5. The Morgan fingerprint density at radius 3 is 2.76 bits per heavy atom. The number of nitrogens with two attached hydrogens (primary N) is 1. The Bertz CT molecular complexity index is 476. The van der Waals surface area contributed by atoms with Gasteiger partial charge in [0.1, 0.15) is 5.82 Å². The SMILES string of the molecule is Nc1ccc(N(Cc2cccs2)C2CC2)nn1. The van der Waals surface area contributed by atoms with E-state index in [0.717, 1.165) is 12.4 Å². The van der Waals surface area contributed by atoms with Gasteiger partial charge in [0.25, 0.3) is 0 Å². The molecule has 0 atom stereocenters. The summed E-state index contributed by atoms with van der Waals surface area (Å²) in [5.41, 5.74) is 5.56. The summed E-state index contributed by atoms with van der Waals surface area (Å²) in [5.74, 6) is 1.40. The van der Waals surface area contributed by atoms with Gasteiger partial charge in [-0.05, 0) is 36.4 Å². The van der Waals surface area contributed by atoms with Crippen LogP contribution in [0.15, 0.2) is 29.6 Å². The van der Waals surface area contributed by atoms with Gasteiger partial charge in [0, 0.05) is 10.9 Å². The van der Waals surface area contributed by atoms with Gasteiger partial charge in [-0.15, -0.1) is 21.5 Å². The molecule has 1 fully saturated rings. The fourth-order valence-electron chi connectivity index (χ4n) is 1.84. The summed E-state index contributed by atoms with van der Waals surface area (Å²) in [5, 5.41) is 10.2. The Labute approximate surface area is 104 Å². The average Bonchev–Trinajstić information content (AvgIpc) is 3.05. The third kappa shape index (κ3) is 2.39. The summed E-state index contributed by atoms with van der Waals surface area (Å²) in [4.78, 5) is 3.67. The van der Waals surface area contributed by atoms with Crippen LogP contribution in [0, 0.1) is 0 Å². The standard InChI is InChI=1S/C12H14N4S/c13-11-5-6-12(15-14-11)16(9-3-4-9)8-10-2-1-7-17-10/h1-2,5-7,9H,3-4,8H2,(H2,13,14). The number of rotatable bonds is 4. The van der Waals surface area contributed by atoms with Gasteiger partial charge in [0.15, 0.2) is 5.82 Å². The molecule has 0 amide bonds. The van der Waals surface area contributed by atoms with Gasteiger partial charge < -0.3 is 10.6 Å². The summed E-state index contributed by atoms with van der Waals surface area (Å²) >= 11 is 1.78. The highest BCUT2D eigenvalue weighted by molar-refractivity contribution is 7.09. The van der Waals surface area contributed by atoms with Crippen LogP contribution in [0.1, 0.15) is 17.7 Å². The Morgan fingerprint density at radius 2 is 2.18 bits per heavy atom. The zero-order chi connectivity index (χ0) is 11.7. The minimum Gasteiger partial charge on any atom is -0.382 e. The second-order valence-corrected chi connectivity index (χ2v) is 5.29. The molecule has 17 heavy (non-hydrogen) atoms. The summed E-state index contributed by atoms with van der Waals surface area (Å²) in [7, 11) is 0. The van der Waals surface area contributed by atoms with Crippen molar-refractivity contribution < 1.29 is 0 Å². The molecule has 88 valence electrons. The van der Waals surface area contributed by atoms with Gasteiger partial charge in [0.2, 0.25) is 0 Å². The van der Waals surface area contributed by atoms with E-state index < -0.39 is 0 Å². The van der Waals surface area contributed by atoms with Gasteiger partial charge in [0.05, 0.1) is 6.54 Å². The molecule has 2 aromatic heterocycles. The van der Waals surface area contributed by atoms with Crippen molar-refractivity contribution in [1.29, 1.82) is 0 Å². The Morgan fingerprint density at radius 1 is 1.29 bits per heavy atom. The monoisotopic (exact) mass is 246 g/mol. The Balaban J connectivity index is 1.82. The number of nitrogens with zero attached hydrogens (tertiary/aromatic N) is 3. The molecule has 1 aliphatic rings. The second kappa shape index (κ2) is 4.33. The van der Waals surface area contributed by atoms with Crippen LogP contribution in [-0.2, 0) is 6.54 Å². The molecule has 1 aliphatic carbocycles. The van der Waals surface area contributed by atoms with Crippen molar-refractivity contribution in [1.82, 2.24) is 10.2 Å². The Hall–Kier alpha value is -1.62. The molecule has 2 N–H and O–H groups in total. The number of nitrogen functional groups attached to an aromatic ring is 1. The maximum absolute atomic E-state index is 5.56. The van der Waals surface area contributed by atoms with E-state index in [1.54, 1.807) is 11.3 Å². The van der Waals surface area contributed by atoms with Crippen LogP contribution in [0.3, 0.4) is 0 Å². The van der Waals surface area contributed by atoms with Gasteiger partial charge in [-0.25, -0.2) is 0 Å². The van der Waals surface area contributed by atoms with Crippen molar-refractivity contribution in [3.05, 3.63) is 34.5 Å². The molecule has 5 heteroatoms. The molecule has 3 rings (SSSR count). The minimum absolute atomic E-state index is 0.473. The quantitative estimate of drug-likeness (QED) is 0.899. The van der Waals surface area contributed by atoms with E-state index in [-0.39, 0.29) is 0 Å². The lowest BCUT2D eigenvalue weighted by Crippen LogP contribution is -2.25. The van der Waals surface area contributed by atoms with Crippen molar-refractivity contribution in [2.24, 2.45) is 0 Å². The largest absolute Gasteiger partial charge is 0.382 e. The van der Waals surface area contributed by atoms with Crippen molar-refractivity contribution in [2.75, 3.05) is 10.6 Å². The molecule has 0 unspecified atom stereocenters. The molecule has 0 radical (unpaired) electrons. The summed E-state index contributed by atoms with van der Waals surface area (Å²) in [6.07, 6.45) is 2.49. The lowest BCUT2D eigenvalue weighted by atomic mass is 10.3. The van der Waals surface area contributed by atoms with E-state index in [9.17, 15) is 0 Å². The average molecular weight is 246 g/mol. The van der Waals surface area contributed by atoms with Gasteiger partial charge >= 0.3 is 0 Å². The summed E-state index contributed by atoms with van der Waals surface area (Å²) < 4.78 is 0. The maximum Gasteiger partial charge on any atom is 0.151 e. The highest BCUT2D eigenvalue weighted by Crippen LogP contribution is 2.32. The number of aromatic nitrogens is 2. The molecule has 0 spiro atoms. The molecular formula is C12H14N4S. The van der Waals surface area contributed by atoms with Crippen LogP contribution in [0.2, 0.25) is 0 Å². The maximum atomic E-state index is 5.56. The first-order valence-corrected chi connectivity index (χ1v) is 6.59.